The van der Waals surface area contributed by atoms with Crippen molar-refractivity contribution in [2.75, 3.05) is 26.4 Å². The number of ether oxygens (including phenoxy) is 3. The molecule has 3 aliphatic rings. The second-order valence-electron chi connectivity index (χ2n) is 9.91. The van der Waals surface area contributed by atoms with Crippen LogP contribution >= 0.6 is 0 Å². The molecule has 3 fully saturated rings. The van der Waals surface area contributed by atoms with E-state index < -0.39 is 123 Å². The Morgan fingerprint density at radius 2 is 1.41 bits per heavy atom. The fourth-order valence-corrected chi connectivity index (χ4v) is 5.38. The van der Waals surface area contributed by atoms with Gasteiger partial charge in [-0.05, 0) is 6.92 Å². The van der Waals surface area contributed by atoms with E-state index in [0.29, 0.717) is 0 Å². The van der Waals surface area contributed by atoms with Gasteiger partial charge in [-0.2, -0.15) is 0 Å². The monoisotopic (exact) mass is 545 g/mol. The Labute approximate surface area is 211 Å². The van der Waals surface area contributed by atoms with Gasteiger partial charge < -0.3 is 80.8 Å². The van der Waals surface area contributed by atoms with E-state index in [4.69, 9.17) is 14.2 Å². The van der Waals surface area contributed by atoms with Crippen LogP contribution in [-0.2, 0) is 14.2 Å². The summed E-state index contributed by atoms with van der Waals surface area (Å²) in [5.41, 5.74) is -2.72. The van der Waals surface area contributed by atoms with E-state index >= 15 is 0 Å². The van der Waals surface area contributed by atoms with Crippen molar-refractivity contribution in [3.8, 4) is 0 Å². The van der Waals surface area contributed by atoms with Crippen LogP contribution in [0.3, 0.4) is 0 Å². The van der Waals surface area contributed by atoms with Gasteiger partial charge in [0.05, 0.1) is 50.8 Å². The van der Waals surface area contributed by atoms with Gasteiger partial charge >= 0.3 is 0 Å². The van der Waals surface area contributed by atoms with Gasteiger partial charge in [-0.3, -0.25) is 0 Å². The molecule has 15 atom stereocenters. The molecule has 0 amide bonds. The summed E-state index contributed by atoms with van der Waals surface area (Å²) in [7, 11) is 0. The fourth-order valence-electron chi connectivity index (χ4n) is 5.38. The van der Waals surface area contributed by atoms with E-state index in [2.05, 4.69) is 5.32 Å². The van der Waals surface area contributed by atoms with Crippen molar-refractivity contribution in [2.45, 2.75) is 98.0 Å². The van der Waals surface area contributed by atoms with Crippen LogP contribution in [0.25, 0.3) is 0 Å². The molecule has 16 nitrogen and oxygen atoms in total. The first-order valence-electron chi connectivity index (χ1n) is 12.0. The first-order valence-corrected chi connectivity index (χ1v) is 12.0. The van der Waals surface area contributed by atoms with Gasteiger partial charge in [-0.1, -0.05) is 0 Å². The molecule has 0 radical (unpaired) electrons. The van der Waals surface area contributed by atoms with Crippen LogP contribution < -0.4 is 5.32 Å². The number of hydrogen-bond donors (Lipinski definition) is 13. The van der Waals surface area contributed by atoms with Gasteiger partial charge in [0.2, 0.25) is 0 Å². The number of hydrogen-bond acceptors (Lipinski definition) is 16. The van der Waals surface area contributed by atoms with Crippen molar-refractivity contribution in [3.05, 3.63) is 0 Å². The molecule has 2 aliphatic heterocycles. The minimum atomic E-state index is -2.72. The maximum Gasteiger partial charge on any atom is 0.187 e. The third-order valence-corrected chi connectivity index (χ3v) is 7.67. The third-order valence-electron chi connectivity index (χ3n) is 7.67. The lowest BCUT2D eigenvalue weighted by Gasteiger charge is -2.54. The molecule has 0 aromatic carbocycles. The van der Waals surface area contributed by atoms with Crippen molar-refractivity contribution in [1.29, 1.82) is 0 Å². The highest BCUT2D eigenvalue weighted by molar-refractivity contribution is 5.12. The van der Waals surface area contributed by atoms with E-state index in [0.717, 1.165) is 0 Å². The van der Waals surface area contributed by atoms with Crippen LogP contribution in [0, 0.1) is 5.92 Å². The average molecular weight is 546 g/mol. The van der Waals surface area contributed by atoms with E-state index in [1.165, 1.54) is 6.92 Å². The molecule has 0 bridgehead atoms. The summed E-state index contributed by atoms with van der Waals surface area (Å²) >= 11 is 0. The van der Waals surface area contributed by atoms with Crippen molar-refractivity contribution in [3.63, 3.8) is 0 Å². The van der Waals surface area contributed by atoms with Crippen molar-refractivity contribution in [1.82, 2.24) is 5.32 Å². The maximum absolute atomic E-state index is 11.3. The van der Waals surface area contributed by atoms with Crippen LogP contribution in [0.1, 0.15) is 6.92 Å². The fraction of sp³-hybridized carbons (Fsp3) is 1.00. The molecule has 2 heterocycles. The molecule has 16 heteroatoms. The summed E-state index contributed by atoms with van der Waals surface area (Å²) < 4.78 is 16.5. The molecule has 1 saturated carbocycles. The largest absolute Gasteiger partial charge is 0.396 e. The quantitative estimate of drug-likeness (QED) is 0.128. The van der Waals surface area contributed by atoms with Crippen molar-refractivity contribution >= 4 is 0 Å². The van der Waals surface area contributed by atoms with E-state index in [-0.39, 0.29) is 0 Å². The Morgan fingerprint density at radius 1 is 0.784 bits per heavy atom. The zero-order chi connectivity index (χ0) is 27.8. The highest BCUT2D eigenvalue weighted by atomic mass is 16.7. The van der Waals surface area contributed by atoms with Gasteiger partial charge in [0.25, 0.3) is 0 Å². The molecule has 0 unspecified atom stereocenters. The Hall–Kier alpha value is -0.640. The first-order chi connectivity index (χ1) is 17.4. The smallest absolute Gasteiger partial charge is 0.187 e. The average Bonchev–Trinajstić information content (AvgIpc) is 3.11. The van der Waals surface area contributed by atoms with Crippen LogP contribution in [-0.4, -0.2) is 179 Å². The van der Waals surface area contributed by atoms with Gasteiger partial charge in [-0.15, -0.1) is 0 Å². The summed E-state index contributed by atoms with van der Waals surface area (Å²) in [5, 5.41) is 126. The van der Waals surface area contributed by atoms with Crippen LogP contribution in [0.2, 0.25) is 0 Å². The molecule has 3 rings (SSSR count). The Morgan fingerprint density at radius 3 is 1.95 bits per heavy atom. The number of aliphatic hydroxyl groups is 12. The summed E-state index contributed by atoms with van der Waals surface area (Å²) in [4.78, 5) is 0. The summed E-state index contributed by atoms with van der Waals surface area (Å²) in [6, 6.07) is -1.98. The van der Waals surface area contributed by atoms with Crippen LogP contribution in [0.4, 0.5) is 0 Å². The summed E-state index contributed by atoms with van der Waals surface area (Å²) in [5.74, 6) is -1.06. The molecular weight excluding hydrogens is 506 g/mol. The van der Waals surface area contributed by atoms with Gasteiger partial charge in [0.1, 0.15) is 48.8 Å². The number of nitrogens with one attached hydrogen (secondary N) is 1. The lowest BCUT2D eigenvalue weighted by molar-refractivity contribution is -0.378. The summed E-state index contributed by atoms with van der Waals surface area (Å²) in [6.07, 6.45) is -20.9. The second kappa shape index (κ2) is 12.3. The predicted octanol–water partition coefficient (Wildman–Crippen LogP) is -7.93. The Bertz CT molecular complexity index is 728. The molecule has 2 saturated heterocycles. The minimum absolute atomic E-state index is 0.522. The SMILES string of the molecule is C[C@H]1O[C@@H]([C@]2(O)[C@H](O)[C@@H](O)[C@@H](O[C@H]3[C@@H](O)[C@@H](O)[C@H](NC(CO)CO)[C@@H]3CO)O[C@@H]2CO)[C@H](O)[C@@H](O)[C@@H]1O. The van der Waals surface area contributed by atoms with Crippen LogP contribution in [0.5, 0.6) is 0 Å². The number of aliphatic hydroxyl groups excluding tert-OH is 11. The third kappa shape index (κ3) is 5.40. The Balaban J connectivity index is 1.82. The normalized spacial score (nSPS) is 51.1. The zero-order valence-corrected chi connectivity index (χ0v) is 20.1. The predicted molar refractivity (Wildman–Crippen MR) is 117 cm³/mol. The zero-order valence-electron chi connectivity index (χ0n) is 20.1. The van der Waals surface area contributed by atoms with Crippen LogP contribution in [0.15, 0.2) is 0 Å². The van der Waals surface area contributed by atoms with Gasteiger partial charge in [0, 0.05) is 12.0 Å². The molecule has 13 N–H and O–H groups in total. The van der Waals surface area contributed by atoms with Crippen molar-refractivity contribution < 1.29 is 75.5 Å². The topological polar surface area (TPSA) is 282 Å². The first kappa shape index (κ1) is 30.9. The van der Waals surface area contributed by atoms with E-state index in [1.807, 2.05) is 0 Å². The van der Waals surface area contributed by atoms with E-state index in [1.54, 1.807) is 0 Å². The standard InChI is InChI=1S/C21H39NO15/c1-6-11(27)13(29)15(31)19(35-6)21(34)9(5-26)36-20(16(32)18(21)33)37-17-8(4-25)10(12(28)14(17)30)22-7(2-23)3-24/h6-20,22-34H,2-5H2,1H3/t6-,8+,9-,10-,11-,12+,13+,14+,15-,16-,17-,18-,19-,20-,21-/m1/s1. The van der Waals surface area contributed by atoms with Gasteiger partial charge in [-0.25, -0.2) is 0 Å². The maximum atomic E-state index is 11.3. The van der Waals surface area contributed by atoms with E-state index in [9.17, 15) is 61.3 Å². The lowest BCUT2D eigenvalue weighted by Crippen LogP contribution is -2.77. The van der Waals surface area contributed by atoms with Crippen molar-refractivity contribution in [2.24, 2.45) is 5.92 Å². The molecule has 1 aliphatic carbocycles. The summed E-state index contributed by atoms with van der Waals surface area (Å²) in [6.45, 7) is -1.39. The molecule has 0 spiro atoms. The van der Waals surface area contributed by atoms with Gasteiger partial charge in [0.15, 0.2) is 11.9 Å². The molecular formula is C21H39NO15. The molecule has 0 aromatic rings. The second-order valence-corrected chi connectivity index (χ2v) is 9.91. The molecule has 37 heavy (non-hydrogen) atoms. The minimum Gasteiger partial charge on any atom is -0.396 e. The molecule has 0 aromatic heterocycles. The lowest BCUT2D eigenvalue weighted by atomic mass is 9.75. The number of rotatable bonds is 9. The molecule has 218 valence electrons. The highest BCUT2D eigenvalue weighted by Gasteiger charge is 2.64. The highest BCUT2D eigenvalue weighted by Crippen LogP contribution is 2.41. The Kier molecular flexibility index (Phi) is 10.2.